The SMILES string of the molecule is CCC(COC(=O)Cc1ccccc1)NC(=O)OCc1ccccc1. The lowest BCUT2D eigenvalue weighted by Gasteiger charge is -2.17. The molecule has 0 fully saturated rings. The molecule has 0 aliphatic carbocycles. The summed E-state index contributed by atoms with van der Waals surface area (Å²) in [6, 6.07) is 18.6. The van der Waals surface area contributed by atoms with Crippen molar-refractivity contribution in [2.45, 2.75) is 32.4 Å². The van der Waals surface area contributed by atoms with Crippen LogP contribution in [0.1, 0.15) is 24.5 Å². The molecule has 0 saturated carbocycles. The van der Waals surface area contributed by atoms with Gasteiger partial charge in [-0.25, -0.2) is 4.79 Å². The van der Waals surface area contributed by atoms with Gasteiger partial charge in [0.1, 0.15) is 13.2 Å². The normalized spacial score (nSPS) is 11.4. The third kappa shape index (κ3) is 7.08. The van der Waals surface area contributed by atoms with Crippen LogP contribution < -0.4 is 5.32 Å². The number of carbonyl (C=O) groups excluding carboxylic acids is 2. The first-order chi connectivity index (χ1) is 12.2. The average molecular weight is 341 g/mol. The van der Waals surface area contributed by atoms with Crippen LogP contribution in [-0.2, 0) is 27.3 Å². The van der Waals surface area contributed by atoms with E-state index >= 15 is 0 Å². The molecule has 0 saturated heterocycles. The van der Waals surface area contributed by atoms with E-state index in [9.17, 15) is 9.59 Å². The van der Waals surface area contributed by atoms with Crippen molar-refractivity contribution >= 4 is 12.1 Å². The number of benzene rings is 2. The molecular weight excluding hydrogens is 318 g/mol. The highest BCUT2D eigenvalue weighted by molar-refractivity contribution is 5.72. The summed E-state index contributed by atoms with van der Waals surface area (Å²) < 4.78 is 10.4. The molecule has 25 heavy (non-hydrogen) atoms. The van der Waals surface area contributed by atoms with Crippen molar-refractivity contribution in [3.8, 4) is 0 Å². The van der Waals surface area contributed by atoms with Crippen molar-refractivity contribution in [1.82, 2.24) is 5.32 Å². The highest BCUT2D eigenvalue weighted by atomic mass is 16.6. The number of esters is 1. The van der Waals surface area contributed by atoms with Crippen LogP contribution in [-0.4, -0.2) is 24.7 Å². The minimum atomic E-state index is -0.519. The first-order valence-corrected chi connectivity index (χ1v) is 8.34. The van der Waals surface area contributed by atoms with E-state index in [4.69, 9.17) is 9.47 Å². The number of rotatable bonds is 8. The third-order valence-corrected chi connectivity index (χ3v) is 3.66. The Bertz CT molecular complexity index is 658. The smallest absolute Gasteiger partial charge is 0.407 e. The molecule has 5 nitrogen and oxygen atoms in total. The molecule has 2 aromatic carbocycles. The van der Waals surface area contributed by atoms with Gasteiger partial charge >= 0.3 is 12.1 Å². The number of alkyl carbamates (subject to hydrolysis) is 1. The lowest BCUT2D eigenvalue weighted by atomic mass is 10.1. The number of amides is 1. The second-order valence-electron chi connectivity index (χ2n) is 5.66. The van der Waals surface area contributed by atoms with E-state index in [1.165, 1.54) is 0 Å². The molecule has 0 heterocycles. The van der Waals surface area contributed by atoms with E-state index < -0.39 is 6.09 Å². The van der Waals surface area contributed by atoms with Gasteiger partial charge in [-0.05, 0) is 17.5 Å². The van der Waals surface area contributed by atoms with Crippen LogP contribution in [0.25, 0.3) is 0 Å². The zero-order valence-corrected chi connectivity index (χ0v) is 14.3. The predicted octanol–water partition coefficient (Wildman–Crippen LogP) is 3.48. The first-order valence-electron chi connectivity index (χ1n) is 8.34. The molecule has 5 heteroatoms. The number of hydrogen-bond acceptors (Lipinski definition) is 4. The minimum Gasteiger partial charge on any atom is -0.463 e. The van der Waals surface area contributed by atoms with Crippen molar-refractivity contribution in [2.24, 2.45) is 0 Å². The van der Waals surface area contributed by atoms with Gasteiger partial charge in [0.25, 0.3) is 0 Å². The van der Waals surface area contributed by atoms with Crippen LogP contribution in [0.2, 0.25) is 0 Å². The van der Waals surface area contributed by atoms with Crippen molar-refractivity contribution in [1.29, 1.82) is 0 Å². The molecule has 0 radical (unpaired) electrons. The van der Waals surface area contributed by atoms with Crippen LogP contribution in [0.15, 0.2) is 60.7 Å². The molecule has 2 rings (SSSR count). The first kappa shape index (κ1) is 18.5. The van der Waals surface area contributed by atoms with Gasteiger partial charge in [-0.15, -0.1) is 0 Å². The zero-order chi connectivity index (χ0) is 17.9. The van der Waals surface area contributed by atoms with Gasteiger partial charge in [-0.3, -0.25) is 4.79 Å². The fourth-order valence-corrected chi connectivity index (χ4v) is 2.20. The standard InChI is InChI=1S/C20H23NO4/c1-2-18(15-24-19(22)13-16-9-5-3-6-10-16)21-20(23)25-14-17-11-7-4-8-12-17/h3-12,18H,2,13-15H2,1H3,(H,21,23). The maximum atomic E-state index is 11.9. The van der Waals surface area contributed by atoms with Crippen molar-refractivity contribution < 1.29 is 19.1 Å². The molecular formula is C20H23NO4. The molecule has 1 atom stereocenters. The molecule has 1 N–H and O–H groups in total. The summed E-state index contributed by atoms with van der Waals surface area (Å²) in [6.07, 6.45) is 0.337. The van der Waals surface area contributed by atoms with Gasteiger partial charge in [-0.1, -0.05) is 67.6 Å². The average Bonchev–Trinajstić information content (AvgIpc) is 2.65. The summed E-state index contributed by atoms with van der Waals surface area (Å²) in [4.78, 5) is 23.7. The molecule has 1 unspecified atom stereocenters. The van der Waals surface area contributed by atoms with Crippen LogP contribution in [0.4, 0.5) is 4.79 Å². The molecule has 0 spiro atoms. The molecule has 0 aliphatic heterocycles. The van der Waals surface area contributed by atoms with Crippen molar-refractivity contribution in [3.05, 3.63) is 71.8 Å². The largest absolute Gasteiger partial charge is 0.463 e. The number of hydrogen-bond donors (Lipinski definition) is 1. The Labute approximate surface area is 148 Å². The number of nitrogens with one attached hydrogen (secondary N) is 1. The Balaban J connectivity index is 1.70. The Kier molecular flexibility index (Phi) is 7.50. The van der Waals surface area contributed by atoms with Gasteiger partial charge in [-0.2, -0.15) is 0 Å². The molecule has 2 aromatic rings. The number of carbonyl (C=O) groups is 2. The van der Waals surface area contributed by atoms with E-state index in [0.29, 0.717) is 6.42 Å². The van der Waals surface area contributed by atoms with E-state index in [2.05, 4.69) is 5.32 Å². The quantitative estimate of drug-likeness (QED) is 0.747. The Morgan fingerprint density at radius 2 is 1.52 bits per heavy atom. The molecule has 0 aliphatic rings. The molecule has 0 bridgehead atoms. The van der Waals surface area contributed by atoms with Crippen molar-refractivity contribution in [3.63, 3.8) is 0 Å². The van der Waals surface area contributed by atoms with Gasteiger partial charge in [0.2, 0.25) is 0 Å². The minimum absolute atomic E-state index is 0.128. The lowest BCUT2D eigenvalue weighted by molar-refractivity contribution is -0.143. The monoisotopic (exact) mass is 341 g/mol. The van der Waals surface area contributed by atoms with Crippen LogP contribution in [0, 0.1) is 0 Å². The van der Waals surface area contributed by atoms with E-state index in [0.717, 1.165) is 11.1 Å². The summed E-state index contributed by atoms with van der Waals surface area (Å²) >= 11 is 0. The van der Waals surface area contributed by atoms with E-state index in [-0.39, 0.29) is 31.6 Å². The molecule has 1 amide bonds. The number of ether oxygens (including phenoxy) is 2. The maximum absolute atomic E-state index is 11.9. The van der Waals surface area contributed by atoms with Gasteiger partial charge in [0.15, 0.2) is 0 Å². The summed E-state index contributed by atoms with van der Waals surface area (Å²) in [7, 11) is 0. The second kappa shape index (κ2) is 10.1. The lowest BCUT2D eigenvalue weighted by Crippen LogP contribution is -2.38. The van der Waals surface area contributed by atoms with Gasteiger partial charge in [0.05, 0.1) is 12.5 Å². The Morgan fingerprint density at radius 1 is 0.920 bits per heavy atom. The van der Waals surface area contributed by atoms with Gasteiger partial charge < -0.3 is 14.8 Å². The zero-order valence-electron chi connectivity index (χ0n) is 14.3. The van der Waals surface area contributed by atoms with Crippen molar-refractivity contribution in [2.75, 3.05) is 6.61 Å². The second-order valence-corrected chi connectivity index (χ2v) is 5.66. The van der Waals surface area contributed by atoms with Crippen LogP contribution >= 0.6 is 0 Å². The summed E-state index contributed by atoms with van der Waals surface area (Å²) in [5.41, 5.74) is 1.82. The summed E-state index contributed by atoms with van der Waals surface area (Å²) in [6.45, 7) is 2.24. The van der Waals surface area contributed by atoms with E-state index in [1.54, 1.807) is 0 Å². The van der Waals surface area contributed by atoms with Crippen LogP contribution in [0.5, 0.6) is 0 Å². The predicted molar refractivity (Wildman–Crippen MR) is 94.9 cm³/mol. The molecule has 0 aromatic heterocycles. The fraction of sp³-hybridized carbons (Fsp3) is 0.300. The Hall–Kier alpha value is -2.82. The summed E-state index contributed by atoms with van der Waals surface area (Å²) in [5, 5.41) is 2.72. The summed E-state index contributed by atoms with van der Waals surface area (Å²) in [5.74, 6) is -0.316. The Morgan fingerprint density at radius 3 is 2.12 bits per heavy atom. The van der Waals surface area contributed by atoms with Crippen LogP contribution in [0.3, 0.4) is 0 Å². The van der Waals surface area contributed by atoms with E-state index in [1.807, 2.05) is 67.6 Å². The highest BCUT2D eigenvalue weighted by Crippen LogP contribution is 2.03. The van der Waals surface area contributed by atoms with Gasteiger partial charge in [0, 0.05) is 0 Å². The molecule has 132 valence electrons. The fourth-order valence-electron chi connectivity index (χ4n) is 2.20. The topological polar surface area (TPSA) is 64.6 Å². The third-order valence-electron chi connectivity index (χ3n) is 3.66. The highest BCUT2D eigenvalue weighted by Gasteiger charge is 2.14. The maximum Gasteiger partial charge on any atom is 0.407 e.